The zero-order valence-corrected chi connectivity index (χ0v) is 11.4. The van der Waals surface area contributed by atoms with Gasteiger partial charge in [-0.3, -0.25) is 0 Å². The second-order valence-electron chi connectivity index (χ2n) is 4.73. The summed E-state index contributed by atoms with van der Waals surface area (Å²) >= 11 is 0. The molecule has 19 heavy (non-hydrogen) atoms. The first-order valence-corrected chi connectivity index (χ1v) is 5.68. The van der Waals surface area contributed by atoms with Crippen molar-refractivity contribution in [2.75, 3.05) is 7.11 Å². The maximum Gasteiger partial charge on any atom is 0.408 e. The number of hydrogen-bond donors (Lipinski definition) is 1. The van der Waals surface area contributed by atoms with Crippen molar-refractivity contribution < 1.29 is 19.1 Å². The minimum Gasteiger partial charge on any atom is -0.465 e. The van der Waals surface area contributed by atoms with Crippen molar-refractivity contribution >= 4 is 12.1 Å². The maximum atomic E-state index is 11.4. The van der Waals surface area contributed by atoms with Crippen LogP contribution in [0.2, 0.25) is 0 Å². The van der Waals surface area contributed by atoms with Crippen LogP contribution in [0.4, 0.5) is 4.79 Å². The number of nitrogens with zero attached hydrogens (tertiary/aromatic N) is 2. The third-order valence-corrected chi connectivity index (χ3v) is 1.92. The molecule has 7 heteroatoms. The van der Waals surface area contributed by atoms with Gasteiger partial charge in [-0.25, -0.2) is 19.6 Å². The molecule has 0 aliphatic heterocycles. The van der Waals surface area contributed by atoms with Gasteiger partial charge >= 0.3 is 12.1 Å². The fourth-order valence-electron chi connectivity index (χ4n) is 1.13. The minimum atomic E-state index is -0.556. The van der Waals surface area contributed by atoms with E-state index in [0.29, 0.717) is 5.82 Å². The molecule has 1 aromatic rings. The highest BCUT2D eigenvalue weighted by molar-refractivity contribution is 5.88. The topological polar surface area (TPSA) is 90.4 Å². The largest absolute Gasteiger partial charge is 0.465 e. The van der Waals surface area contributed by atoms with E-state index in [1.807, 2.05) is 0 Å². The van der Waals surface area contributed by atoms with E-state index in [0.717, 1.165) is 0 Å². The first-order valence-electron chi connectivity index (χ1n) is 5.68. The molecule has 1 heterocycles. The molecular formula is C12H17N3O4. The summed E-state index contributed by atoms with van der Waals surface area (Å²) in [6, 6.07) is 0. The van der Waals surface area contributed by atoms with Crippen LogP contribution in [0, 0.1) is 0 Å². The van der Waals surface area contributed by atoms with Crippen molar-refractivity contribution in [1.29, 1.82) is 0 Å². The molecule has 0 fully saturated rings. The highest BCUT2D eigenvalue weighted by Crippen LogP contribution is 2.06. The average Bonchev–Trinajstić information content (AvgIpc) is 2.34. The van der Waals surface area contributed by atoms with Crippen LogP contribution >= 0.6 is 0 Å². The molecule has 0 unspecified atom stereocenters. The number of rotatable bonds is 3. The van der Waals surface area contributed by atoms with Gasteiger partial charge < -0.3 is 14.8 Å². The Morgan fingerprint density at radius 1 is 1.26 bits per heavy atom. The van der Waals surface area contributed by atoms with E-state index in [-0.39, 0.29) is 12.1 Å². The lowest BCUT2D eigenvalue weighted by atomic mass is 10.2. The third-order valence-electron chi connectivity index (χ3n) is 1.92. The van der Waals surface area contributed by atoms with E-state index in [4.69, 9.17) is 4.74 Å². The van der Waals surface area contributed by atoms with Gasteiger partial charge in [0.1, 0.15) is 11.4 Å². The number of methoxy groups -OCH3 is 1. The molecule has 1 aromatic heterocycles. The molecule has 1 N–H and O–H groups in total. The van der Waals surface area contributed by atoms with E-state index in [9.17, 15) is 9.59 Å². The maximum absolute atomic E-state index is 11.4. The molecule has 0 spiro atoms. The Balaban J connectivity index is 2.50. The predicted molar refractivity (Wildman–Crippen MR) is 66.4 cm³/mol. The molecule has 0 radical (unpaired) electrons. The van der Waals surface area contributed by atoms with E-state index in [1.165, 1.54) is 19.5 Å². The summed E-state index contributed by atoms with van der Waals surface area (Å²) in [6.07, 6.45) is 2.13. The normalized spacial score (nSPS) is 10.7. The van der Waals surface area contributed by atoms with E-state index in [2.05, 4.69) is 20.0 Å². The molecule has 0 saturated heterocycles. The van der Waals surface area contributed by atoms with Gasteiger partial charge in [-0.2, -0.15) is 0 Å². The summed E-state index contributed by atoms with van der Waals surface area (Å²) in [5, 5.41) is 2.52. The highest BCUT2D eigenvalue weighted by Gasteiger charge is 2.16. The van der Waals surface area contributed by atoms with Crippen LogP contribution in [-0.4, -0.2) is 34.7 Å². The molecule has 0 aliphatic carbocycles. The van der Waals surface area contributed by atoms with E-state index in [1.54, 1.807) is 20.8 Å². The molecule has 104 valence electrons. The predicted octanol–water partition coefficient (Wildman–Crippen LogP) is 1.29. The Kier molecular flexibility index (Phi) is 4.80. The number of ether oxygens (including phenoxy) is 2. The lowest BCUT2D eigenvalue weighted by Crippen LogP contribution is -2.32. The van der Waals surface area contributed by atoms with Crippen LogP contribution in [0.5, 0.6) is 0 Å². The number of hydrogen-bond acceptors (Lipinski definition) is 6. The number of carbonyl (C=O) groups is 2. The second-order valence-corrected chi connectivity index (χ2v) is 4.73. The molecule has 0 bridgehead atoms. The molecule has 0 saturated carbocycles. The number of esters is 1. The molecule has 0 aromatic carbocycles. The smallest absolute Gasteiger partial charge is 0.408 e. The quantitative estimate of drug-likeness (QED) is 0.830. The van der Waals surface area contributed by atoms with Crippen LogP contribution in [0.3, 0.4) is 0 Å². The van der Waals surface area contributed by atoms with Gasteiger partial charge in [-0.15, -0.1) is 0 Å². The van der Waals surface area contributed by atoms with Crippen LogP contribution in [0.15, 0.2) is 12.4 Å². The van der Waals surface area contributed by atoms with Gasteiger partial charge in [0, 0.05) is 12.4 Å². The summed E-state index contributed by atoms with van der Waals surface area (Å²) in [6.45, 7) is 5.44. The molecule has 0 aliphatic rings. The molecule has 1 rings (SSSR count). The van der Waals surface area contributed by atoms with Crippen molar-refractivity contribution in [3.8, 4) is 0 Å². The number of alkyl carbamates (subject to hydrolysis) is 1. The summed E-state index contributed by atoms with van der Waals surface area (Å²) in [4.78, 5) is 30.4. The monoisotopic (exact) mass is 267 g/mol. The summed E-state index contributed by atoms with van der Waals surface area (Å²) in [7, 11) is 1.28. The molecule has 1 amide bonds. The van der Waals surface area contributed by atoms with Crippen molar-refractivity contribution in [1.82, 2.24) is 15.3 Å². The Labute approximate surface area is 111 Å². The Morgan fingerprint density at radius 3 is 2.32 bits per heavy atom. The molecular weight excluding hydrogens is 250 g/mol. The van der Waals surface area contributed by atoms with Gasteiger partial charge in [0.25, 0.3) is 0 Å². The van der Waals surface area contributed by atoms with Crippen molar-refractivity contribution in [3.63, 3.8) is 0 Å². The molecule has 0 atom stereocenters. The molecule has 7 nitrogen and oxygen atoms in total. The minimum absolute atomic E-state index is 0.121. The average molecular weight is 267 g/mol. The number of amides is 1. The summed E-state index contributed by atoms with van der Waals surface area (Å²) in [5.74, 6) is -0.134. The fraction of sp³-hybridized carbons (Fsp3) is 0.500. The number of aromatic nitrogens is 2. The van der Waals surface area contributed by atoms with Crippen molar-refractivity contribution in [2.45, 2.75) is 32.9 Å². The summed E-state index contributed by atoms with van der Waals surface area (Å²) in [5.41, 5.74) is -0.303. The van der Waals surface area contributed by atoms with Crippen LogP contribution in [0.25, 0.3) is 0 Å². The van der Waals surface area contributed by atoms with Gasteiger partial charge in [-0.1, -0.05) is 0 Å². The van der Waals surface area contributed by atoms with Gasteiger partial charge in [0.15, 0.2) is 0 Å². The first kappa shape index (κ1) is 14.9. The van der Waals surface area contributed by atoms with Gasteiger partial charge in [-0.05, 0) is 20.8 Å². The zero-order valence-electron chi connectivity index (χ0n) is 11.4. The van der Waals surface area contributed by atoms with E-state index < -0.39 is 17.7 Å². The second kappa shape index (κ2) is 6.12. The van der Waals surface area contributed by atoms with Crippen LogP contribution < -0.4 is 5.32 Å². The van der Waals surface area contributed by atoms with Crippen LogP contribution in [-0.2, 0) is 16.0 Å². The van der Waals surface area contributed by atoms with Crippen LogP contribution in [0.1, 0.15) is 37.0 Å². The standard InChI is InChI=1S/C12H17N3O4/c1-12(2,3)19-11(17)15-7-9-13-5-8(6-14-9)10(16)18-4/h5-6H,7H2,1-4H3,(H,15,17). The third kappa shape index (κ3) is 5.33. The highest BCUT2D eigenvalue weighted by atomic mass is 16.6. The van der Waals surface area contributed by atoms with Crippen molar-refractivity contribution in [2.24, 2.45) is 0 Å². The number of nitrogens with one attached hydrogen (secondary N) is 1. The SMILES string of the molecule is COC(=O)c1cnc(CNC(=O)OC(C)(C)C)nc1. The fourth-order valence-corrected chi connectivity index (χ4v) is 1.13. The number of carbonyl (C=O) groups excluding carboxylic acids is 2. The van der Waals surface area contributed by atoms with E-state index >= 15 is 0 Å². The first-order chi connectivity index (χ1) is 8.81. The lowest BCUT2D eigenvalue weighted by Gasteiger charge is -2.19. The van der Waals surface area contributed by atoms with Gasteiger partial charge in [0.05, 0.1) is 19.2 Å². The Bertz CT molecular complexity index is 451. The lowest BCUT2D eigenvalue weighted by molar-refractivity contribution is 0.0520. The van der Waals surface area contributed by atoms with Gasteiger partial charge in [0.2, 0.25) is 0 Å². The summed E-state index contributed by atoms with van der Waals surface area (Å²) < 4.78 is 9.58. The zero-order chi connectivity index (χ0) is 14.5. The van der Waals surface area contributed by atoms with Crippen molar-refractivity contribution in [3.05, 3.63) is 23.8 Å². The Morgan fingerprint density at radius 2 is 1.84 bits per heavy atom. The Hall–Kier alpha value is -2.18.